The van der Waals surface area contributed by atoms with E-state index in [-0.39, 0.29) is 16.8 Å². The molecule has 0 aliphatic rings. The first-order valence-electron chi connectivity index (χ1n) is 4.67. The highest BCUT2D eigenvalue weighted by molar-refractivity contribution is 5.61. The molecule has 0 aliphatic heterocycles. The van der Waals surface area contributed by atoms with Crippen molar-refractivity contribution in [3.05, 3.63) is 16.7 Å². The van der Waals surface area contributed by atoms with Crippen LogP contribution in [0.25, 0.3) is 0 Å². The van der Waals surface area contributed by atoms with Gasteiger partial charge in [0, 0.05) is 19.1 Å². The van der Waals surface area contributed by atoms with Gasteiger partial charge in [-0.1, -0.05) is 0 Å². The molecule has 0 aromatic carbocycles. The van der Waals surface area contributed by atoms with Crippen molar-refractivity contribution in [2.75, 3.05) is 24.2 Å². The topological polar surface area (TPSA) is 101 Å². The Bertz CT molecular complexity index is 398. The van der Waals surface area contributed by atoms with Crippen LogP contribution < -0.4 is 21.9 Å². The van der Waals surface area contributed by atoms with Crippen molar-refractivity contribution >= 4 is 11.5 Å². The molecule has 0 radical (unpaired) electrons. The van der Waals surface area contributed by atoms with Crippen LogP contribution in [0.5, 0.6) is 0 Å². The van der Waals surface area contributed by atoms with Crippen molar-refractivity contribution in [2.24, 2.45) is 5.73 Å². The summed E-state index contributed by atoms with van der Waals surface area (Å²) in [4.78, 5) is 19.5. The molecule has 5 N–H and O–H groups in total. The number of nitrogens with two attached hydrogens (primary N) is 2. The number of anilines is 2. The van der Waals surface area contributed by atoms with Crippen LogP contribution in [-0.4, -0.2) is 29.1 Å². The molecule has 0 amide bonds. The molecule has 0 unspecified atom stereocenters. The number of hydrogen-bond donors (Lipinski definition) is 3. The van der Waals surface area contributed by atoms with E-state index >= 15 is 0 Å². The molecule has 6 heteroatoms. The van der Waals surface area contributed by atoms with Crippen LogP contribution in [0.4, 0.5) is 11.5 Å². The highest BCUT2D eigenvalue weighted by Gasteiger charge is 2.24. The van der Waals surface area contributed by atoms with E-state index in [9.17, 15) is 4.79 Å². The van der Waals surface area contributed by atoms with Gasteiger partial charge >= 0.3 is 0 Å². The fourth-order valence-electron chi connectivity index (χ4n) is 1.09. The first-order chi connectivity index (χ1) is 6.90. The normalized spacial score (nSPS) is 11.5. The van der Waals surface area contributed by atoms with Gasteiger partial charge in [-0.3, -0.25) is 4.79 Å². The molecule has 1 heterocycles. The Labute approximate surface area is 88.3 Å². The van der Waals surface area contributed by atoms with Gasteiger partial charge in [0.1, 0.15) is 5.69 Å². The zero-order valence-electron chi connectivity index (χ0n) is 9.24. The zero-order chi connectivity index (χ0) is 11.6. The molecule has 0 atom stereocenters. The largest absolute Gasteiger partial charge is 0.391 e. The highest BCUT2D eigenvalue weighted by Crippen LogP contribution is 2.21. The molecule has 6 nitrogen and oxygen atoms in total. The number of rotatable bonds is 3. The lowest BCUT2D eigenvalue weighted by atomic mass is 10.0. The van der Waals surface area contributed by atoms with E-state index in [2.05, 4.69) is 9.97 Å². The van der Waals surface area contributed by atoms with Gasteiger partial charge in [0.15, 0.2) is 5.82 Å². The van der Waals surface area contributed by atoms with Gasteiger partial charge in [0.05, 0.1) is 6.33 Å². The lowest BCUT2D eigenvalue weighted by Gasteiger charge is -2.35. The van der Waals surface area contributed by atoms with Gasteiger partial charge in [0.2, 0.25) is 0 Å². The molecule has 1 aromatic heterocycles. The third kappa shape index (κ3) is 2.10. The minimum Gasteiger partial charge on any atom is -0.391 e. The number of nitrogens with one attached hydrogen (secondary N) is 1. The summed E-state index contributed by atoms with van der Waals surface area (Å²) in [5.41, 5.74) is 10.8. The smallest absolute Gasteiger partial charge is 0.276 e. The minimum atomic E-state index is -0.334. The Hall–Kier alpha value is -1.56. The van der Waals surface area contributed by atoms with Crippen LogP contribution in [0, 0.1) is 0 Å². The summed E-state index contributed by atoms with van der Waals surface area (Å²) in [6.45, 7) is 4.35. The Kier molecular flexibility index (Phi) is 2.99. The second kappa shape index (κ2) is 3.90. The monoisotopic (exact) mass is 211 g/mol. The number of likely N-dealkylation sites (N-methyl/N-ethyl adjacent to an activating group) is 1. The van der Waals surface area contributed by atoms with E-state index in [0.29, 0.717) is 12.4 Å². The standard InChI is InChI=1S/C9H17N5O/c1-9(2,4-10)14(3)7-6(11)8(15)13-5-12-7/h5H,4,10-11H2,1-3H3,(H,12,13,15). The van der Waals surface area contributed by atoms with E-state index in [1.54, 1.807) is 4.90 Å². The Morgan fingerprint density at radius 2 is 2.20 bits per heavy atom. The zero-order valence-corrected chi connectivity index (χ0v) is 9.24. The van der Waals surface area contributed by atoms with Crippen LogP contribution in [0.15, 0.2) is 11.1 Å². The third-order valence-electron chi connectivity index (χ3n) is 2.59. The second-order valence-corrected chi connectivity index (χ2v) is 4.04. The van der Waals surface area contributed by atoms with Gasteiger partial charge in [-0.15, -0.1) is 0 Å². The Morgan fingerprint density at radius 3 is 2.73 bits per heavy atom. The lowest BCUT2D eigenvalue weighted by Crippen LogP contribution is -2.48. The Balaban J connectivity index is 3.17. The number of nitrogen functional groups attached to an aromatic ring is 1. The van der Waals surface area contributed by atoms with Gasteiger partial charge in [0.25, 0.3) is 5.56 Å². The summed E-state index contributed by atoms with van der Waals surface area (Å²) < 4.78 is 0. The average molecular weight is 211 g/mol. The number of nitrogens with zero attached hydrogens (tertiary/aromatic N) is 2. The molecule has 1 aromatic rings. The second-order valence-electron chi connectivity index (χ2n) is 4.04. The highest BCUT2D eigenvalue weighted by atomic mass is 16.1. The van der Waals surface area contributed by atoms with E-state index in [1.807, 2.05) is 20.9 Å². The van der Waals surface area contributed by atoms with Crippen molar-refractivity contribution in [1.29, 1.82) is 0 Å². The molecule has 0 saturated heterocycles. The molecule has 84 valence electrons. The SMILES string of the molecule is CN(c1nc[nH]c(=O)c1N)C(C)(C)CN. The molecule has 0 saturated carbocycles. The van der Waals surface area contributed by atoms with Crippen LogP contribution in [-0.2, 0) is 0 Å². The molecule has 1 rings (SSSR count). The molecular formula is C9H17N5O. The summed E-state index contributed by atoms with van der Waals surface area (Å²) in [7, 11) is 1.81. The summed E-state index contributed by atoms with van der Waals surface area (Å²) in [6.07, 6.45) is 1.33. The van der Waals surface area contributed by atoms with E-state index in [1.165, 1.54) is 6.33 Å². The maximum Gasteiger partial charge on any atom is 0.276 e. The fraction of sp³-hybridized carbons (Fsp3) is 0.556. The van der Waals surface area contributed by atoms with E-state index in [0.717, 1.165) is 0 Å². The molecule has 0 bridgehead atoms. The van der Waals surface area contributed by atoms with Crippen molar-refractivity contribution in [3.63, 3.8) is 0 Å². The van der Waals surface area contributed by atoms with Crippen molar-refractivity contribution < 1.29 is 0 Å². The fourth-order valence-corrected chi connectivity index (χ4v) is 1.09. The van der Waals surface area contributed by atoms with Gasteiger partial charge in [-0.05, 0) is 13.8 Å². The minimum absolute atomic E-state index is 0.113. The van der Waals surface area contributed by atoms with Crippen molar-refractivity contribution in [3.8, 4) is 0 Å². The first kappa shape index (κ1) is 11.5. The Morgan fingerprint density at radius 1 is 1.60 bits per heavy atom. The quantitative estimate of drug-likeness (QED) is 0.627. The predicted octanol–water partition coefficient (Wildman–Crippen LogP) is -0.474. The number of hydrogen-bond acceptors (Lipinski definition) is 5. The van der Waals surface area contributed by atoms with Crippen LogP contribution in [0.3, 0.4) is 0 Å². The summed E-state index contributed by atoms with van der Waals surface area (Å²) >= 11 is 0. The lowest BCUT2D eigenvalue weighted by molar-refractivity contribution is 0.495. The van der Waals surface area contributed by atoms with Gasteiger partial charge < -0.3 is 21.4 Å². The number of aromatic amines is 1. The van der Waals surface area contributed by atoms with Crippen LogP contribution in [0.2, 0.25) is 0 Å². The molecular weight excluding hydrogens is 194 g/mol. The maximum atomic E-state index is 11.3. The van der Waals surface area contributed by atoms with Gasteiger partial charge in [-0.25, -0.2) is 4.98 Å². The van der Waals surface area contributed by atoms with E-state index in [4.69, 9.17) is 11.5 Å². The maximum absolute atomic E-state index is 11.3. The number of aromatic nitrogens is 2. The van der Waals surface area contributed by atoms with E-state index < -0.39 is 0 Å². The predicted molar refractivity (Wildman–Crippen MR) is 60.8 cm³/mol. The van der Waals surface area contributed by atoms with Crippen LogP contribution >= 0.6 is 0 Å². The summed E-state index contributed by atoms with van der Waals surface area (Å²) in [5, 5.41) is 0. The summed E-state index contributed by atoms with van der Waals surface area (Å²) in [5.74, 6) is 0.453. The molecule has 0 aliphatic carbocycles. The molecule has 15 heavy (non-hydrogen) atoms. The van der Waals surface area contributed by atoms with Crippen LogP contribution in [0.1, 0.15) is 13.8 Å². The third-order valence-corrected chi connectivity index (χ3v) is 2.59. The molecule has 0 spiro atoms. The van der Waals surface area contributed by atoms with Crippen molar-refractivity contribution in [2.45, 2.75) is 19.4 Å². The number of H-pyrrole nitrogens is 1. The summed E-state index contributed by atoms with van der Waals surface area (Å²) in [6, 6.07) is 0. The average Bonchev–Trinajstić information content (AvgIpc) is 2.21. The molecule has 0 fully saturated rings. The first-order valence-corrected chi connectivity index (χ1v) is 4.67. The van der Waals surface area contributed by atoms with Gasteiger partial charge in [-0.2, -0.15) is 0 Å². The van der Waals surface area contributed by atoms with Crippen molar-refractivity contribution in [1.82, 2.24) is 9.97 Å².